The second kappa shape index (κ2) is 10.2. The van der Waals surface area contributed by atoms with Crippen molar-refractivity contribution in [3.05, 3.63) is 34.9 Å². The van der Waals surface area contributed by atoms with Crippen molar-refractivity contribution in [2.75, 3.05) is 39.4 Å². The van der Waals surface area contributed by atoms with Gasteiger partial charge in [-0.05, 0) is 49.9 Å². The molecule has 1 unspecified atom stereocenters. The first kappa shape index (κ1) is 21.1. The highest BCUT2D eigenvalue weighted by atomic mass is 35.5. The molecule has 2 saturated heterocycles. The maximum absolute atomic E-state index is 12.3. The number of nitrogens with zero attached hydrogens (tertiary/aromatic N) is 1. The van der Waals surface area contributed by atoms with Gasteiger partial charge in [0.15, 0.2) is 0 Å². The molecule has 2 amide bonds. The molecule has 1 atom stereocenters. The van der Waals surface area contributed by atoms with Crippen molar-refractivity contribution < 1.29 is 14.3 Å². The summed E-state index contributed by atoms with van der Waals surface area (Å²) in [6.45, 7) is 5.22. The molecule has 6 nitrogen and oxygen atoms in total. The van der Waals surface area contributed by atoms with Crippen LogP contribution in [0.2, 0.25) is 5.02 Å². The van der Waals surface area contributed by atoms with Crippen molar-refractivity contribution >= 4 is 23.4 Å². The summed E-state index contributed by atoms with van der Waals surface area (Å²) in [4.78, 5) is 26.5. The minimum Gasteiger partial charge on any atom is -0.379 e. The number of nitrogens with one attached hydrogen (secondary N) is 2. The Morgan fingerprint density at radius 2 is 2.00 bits per heavy atom. The fourth-order valence-corrected chi connectivity index (χ4v) is 4.10. The van der Waals surface area contributed by atoms with Gasteiger partial charge in [0.05, 0.1) is 13.2 Å². The van der Waals surface area contributed by atoms with Crippen molar-refractivity contribution in [2.24, 2.45) is 0 Å². The van der Waals surface area contributed by atoms with Gasteiger partial charge in [-0.3, -0.25) is 14.5 Å². The van der Waals surface area contributed by atoms with Gasteiger partial charge in [-0.2, -0.15) is 0 Å². The van der Waals surface area contributed by atoms with E-state index in [9.17, 15) is 9.59 Å². The van der Waals surface area contributed by atoms with Crippen LogP contribution in [0, 0.1) is 0 Å². The number of halogens is 1. The van der Waals surface area contributed by atoms with Gasteiger partial charge in [0.25, 0.3) is 0 Å². The third kappa shape index (κ3) is 6.47. The lowest BCUT2D eigenvalue weighted by atomic mass is 9.85. The Hall–Kier alpha value is -1.63. The lowest BCUT2D eigenvalue weighted by Gasteiger charge is -2.29. The van der Waals surface area contributed by atoms with E-state index in [0.29, 0.717) is 30.8 Å². The van der Waals surface area contributed by atoms with Crippen LogP contribution in [0.25, 0.3) is 0 Å². The van der Waals surface area contributed by atoms with Gasteiger partial charge >= 0.3 is 0 Å². The zero-order valence-corrected chi connectivity index (χ0v) is 17.1. The lowest BCUT2D eigenvalue weighted by Crippen LogP contribution is -2.44. The van der Waals surface area contributed by atoms with E-state index in [1.54, 1.807) is 0 Å². The van der Waals surface area contributed by atoms with Crippen molar-refractivity contribution in [3.63, 3.8) is 0 Å². The second-order valence-corrected chi connectivity index (χ2v) is 8.23. The Bertz CT molecular complexity index is 661. The van der Waals surface area contributed by atoms with E-state index in [1.807, 2.05) is 24.3 Å². The van der Waals surface area contributed by atoms with Crippen LogP contribution in [0.4, 0.5) is 0 Å². The number of morpholine rings is 1. The number of amides is 2. The highest BCUT2D eigenvalue weighted by molar-refractivity contribution is 6.30. The quantitative estimate of drug-likeness (QED) is 0.615. The van der Waals surface area contributed by atoms with Gasteiger partial charge in [0, 0.05) is 43.0 Å². The minimum absolute atomic E-state index is 0.0543. The molecule has 2 fully saturated rings. The summed E-state index contributed by atoms with van der Waals surface area (Å²) in [5, 5.41) is 6.84. The van der Waals surface area contributed by atoms with Crippen LogP contribution >= 0.6 is 11.6 Å². The molecule has 2 N–H and O–H groups in total. The molecular weight excluding hydrogens is 378 g/mol. The molecule has 1 aromatic rings. The number of ether oxygens (including phenoxy) is 1. The first-order valence-electron chi connectivity index (χ1n) is 10.2. The number of carbonyl (C=O) groups excluding carboxylic acids is 2. The van der Waals surface area contributed by atoms with E-state index in [2.05, 4.69) is 15.5 Å². The van der Waals surface area contributed by atoms with Gasteiger partial charge < -0.3 is 15.4 Å². The average Bonchev–Trinajstić information content (AvgIpc) is 3.07. The molecule has 0 saturated carbocycles. The second-order valence-electron chi connectivity index (χ2n) is 7.79. The number of carbonyl (C=O) groups is 2. The zero-order valence-electron chi connectivity index (χ0n) is 16.3. The van der Waals surface area contributed by atoms with Gasteiger partial charge in [-0.1, -0.05) is 23.7 Å². The molecule has 0 bridgehead atoms. The summed E-state index contributed by atoms with van der Waals surface area (Å²) in [6, 6.07) is 7.70. The van der Waals surface area contributed by atoms with E-state index in [4.69, 9.17) is 16.3 Å². The van der Waals surface area contributed by atoms with E-state index in [0.717, 1.165) is 57.7 Å². The normalized spacial score (nSPS) is 22.8. The maximum atomic E-state index is 12.3. The number of rotatable bonds is 9. The van der Waals surface area contributed by atoms with Crippen LogP contribution < -0.4 is 10.6 Å². The molecule has 2 aliphatic rings. The standard InChI is InChI=1S/C21H30ClN3O3/c22-18-4-2-17(3-5-18)16-21(9-7-20(27)24-21)8-6-19(26)23-10-1-11-25-12-14-28-15-13-25/h2-5H,1,6-16H2,(H,23,26)(H,24,27). The molecular formula is C21H30ClN3O3. The number of hydrogen-bond acceptors (Lipinski definition) is 4. The van der Waals surface area contributed by atoms with Gasteiger partial charge in [0.2, 0.25) is 11.8 Å². The Kier molecular flexibility index (Phi) is 7.71. The van der Waals surface area contributed by atoms with Crippen LogP contribution in [-0.4, -0.2) is 61.6 Å². The highest BCUT2D eigenvalue weighted by Gasteiger charge is 2.37. The fourth-order valence-electron chi connectivity index (χ4n) is 3.97. The summed E-state index contributed by atoms with van der Waals surface area (Å²) in [6.07, 6.45) is 4.02. The Morgan fingerprint density at radius 1 is 1.25 bits per heavy atom. The van der Waals surface area contributed by atoms with Gasteiger partial charge in [-0.15, -0.1) is 0 Å². The van der Waals surface area contributed by atoms with Gasteiger partial charge in [0.1, 0.15) is 0 Å². The van der Waals surface area contributed by atoms with Crippen LogP contribution in [0.15, 0.2) is 24.3 Å². The monoisotopic (exact) mass is 407 g/mol. The van der Waals surface area contributed by atoms with Crippen LogP contribution in [0.1, 0.15) is 37.7 Å². The van der Waals surface area contributed by atoms with Crippen LogP contribution in [0.3, 0.4) is 0 Å². The summed E-state index contributed by atoms with van der Waals surface area (Å²) >= 11 is 5.97. The summed E-state index contributed by atoms with van der Waals surface area (Å²) in [5.74, 6) is 0.124. The molecule has 1 aromatic carbocycles. The van der Waals surface area contributed by atoms with Crippen molar-refractivity contribution in [2.45, 2.75) is 44.1 Å². The topological polar surface area (TPSA) is 70.7 Å². The summed E-state index contributed by atoms with van der Waals surface area (Å²) in [5.41, 5.74) is 0.785. The predicted molar refractivity (Wildman–Crippen MR) is 109 cm³/mol. The Morgan fingerprint density at radius 3 is 2.68 bits per heavy atom. The third-order valence-electron chi connectivity index (χ3n) is 5.60. The number of hydrogen-bond donors (Lipinski definition) is 2. The first-order chi connectivity index (χ1) is 13.5. The predicted octanol–water partition coefficient (Wildman–Crippen LogP) is 2.15. The number of benzene rings is 1. The molecule has 0 aliphatic carbocycles. The molecule has 0 radical (unpaired) electrons. The molecule has 3 rings (SSSR count). The third-order valence-corrected chi connectivity index (χ3v) is 5.85. The lowest BCUT2D eigenvalue weighted by molar-refractivity contribution is -0.122. The molecule has 0 spiro atoms. The minimum atomic E-state index is -0.337. The molecule has 2 heterocycles. The highest BCUT2D eigenvalue weighted by Crippen LogP contribution is 2.30. The SMILES string of the molecule is O=C(CCC1(Cc2ccc(Cl)cc2)CCC(=O)N1)NCCCN1CCOCC1. The van der Waals surface area contributed by atoms with Gasteiger partial charge in [-0.25, -0.2) is 0 Å². The van der Waals surface area contributed by atoms with Crippen molar-refractivity contribution in [3.8, 4) is 0 Å². The van der Waals surface area contributed by atoms with E-state index < -0.39 is 0 Å². The Balaban J connectivity index is 1.42. The largest absolute Gasteiger partial charge is 0.379 e. The molecule has 7 heteroatoms. The summed E-state index contributed by atoms with van der Waals surface area (Å²) < 4.78 is 5.34. The van der Waals surface area contributed by atoms with E-state index in [-0.39, 0.29) is 17.4 Å². The van der Waals surface area contributed by atoms with E-state index >= 15 is 0 Å². The fraction of sp³-hybridized carbons (Fsp3) is 0.619. The maximum Gasteiger partial charge on any atom is 0.220 e. The van der Waals surface area contributed by atoms with Crippen LogP contribution in [-0.2, 0) is 20.7 Å². The smallest absolute Gasteiger partial charge is 0.220 e. The molecule has 0 aromatic heterocycles. The first-order valence-corrected chi connectivity index (χ1v) is 10.5. The summed E-state index contributed by atoms with van der Waals surface area (Å²) in [7, 11) is 0. The average molecular weight is 408 g/mol. The molecule has 154 valence electrons. The zero-order chi connectivity index (χ0) is 19.8. The van der Waals surface area contributed by atoms with E-state index in [1.165, 1.54) is 0 Å². The Labute approximate surface area is 171 Å². The van der Waals surface area contributed by atoms with Crippen molar-refractivity contribution in [1.29, 1.82) is 0 Å². The van der Waals surface area contributed by atoms with Crippen molar-refractivity contribution in [1.82, 2.24) is 15.5 Å². The molecule has 2 aliphatic heterocycles. The molecule has 28 heavy (non-hydrogen) atoms. The van der Waals surface area contributed by atoms with Crippen LogP contribution in [0.5, 0.6) is 0 Å².